The Kier molecular flexibility index (Phi) is 5.40. The third-order valence-electron chi connectivity index (χ3n) is 3.64. The van der Waals surface area contributed by atoms with Gasteiger partial charge in [0.2, 0.25) is 6.29 Å². The van der Waals surface area contributed by atoms with Crippen LogP contribution < -0.4 is 9.83 Å². The van der Waals surface area contributed by atoms with Crippen molar-refractivity contribution >= 4 is 29.6 Å². The molecule has 0 radical (unpaired) electrons. The van der Waals surface area contributed by atoms with Crippen LogP contribution in [0.15, 0.2) is 72.8 Å². The summed E-state index contributed by atoms with van der Waals surface area (Å²) in [6, 6.07) is 21.8. The minimum absolute atomic E-state index is 0.382. The Hall–Kier alpha value is -2.62. The van der Waals surface area contributed by atoms with Gasteiger partial charge in [0.1, 0.15) is 5.75 Å². The largest absolute Gasteiger partial charge is 0.436 e. The Morgan fingerprint density at radius 2 is 1.58 bits per heavy atom. The Bertz CT molecular complexity index is 955. The molecule has 0 aliphatic rings. The molecule has 3 aromatic rings. The summed E-state index contributed by atoms with van der Waals surface area (Å²) in [5, 5.41) is 2.38. The number of rotatable bonds is 6. The maximum Gasteiger partial charge on any atom is 0.413 e. The second-order valence-corrected chi connectivity index (χ2v) is 7.62. The summed E-state index contributed by atoms with van der Waals surface area (Å²) in [7, 11) is -3.76. The van der Waals surface area contributed by atoms with Crippen LogP contribution in [0.2, 0.25) is 0 Å². The number of hydrogen-bond donors (Lipinski definition) is 0. The number of fused-ring (bicyclic) bond motifs is 1. The molecule has 0 aliphatic heterocycles. The van der Waals surface area contributed by atoms with Crippen molar-refractivity contribution in [2.24, 2.45) is 0 Å². The maximum absolute atomic E-state index is 13.5. The van der Waals surface area contributed by atoms with E-state index in [-0.39, 0.29) is 0 Å². The molecule has 0 heterocycles. The number of ether oxygens (including phenoxy) is 1. The smallest absolute Gasteiger partial charge is 0.413 e. The standard InChI is InChI=1S/C20H19O5P/c1-15(21)23-16(2)24-26(22,20-10-4-3-5-11-20)25-19-13-12-17-8-6-7-9-18(17)14-19/h3-14,16H,1-2H3. The molecule has 2 unspecified atom stereocenters. The van der Waals surface area contributed by atoms with Crippen molar-refractivity contribution in [3.05, 3.63) is 72.8 Å². The lowest BCUT2D eigenvalue weighted by atomic mass is 10.1. The monoisotopic (exact) mass is 370 g/mol. The molecule has 0 saturated carbocycles. The van der Waals surface area contributed by atoms with Crippen LogP contribution in [0.5, 0.6) is 5.75 Å². The fourth-order valence-electron chi connectivity index (χ4n) is 2.56. The first-order valence-corrected chi connectivity index (χ1v) is 9.70. The van der Waals surface area contributed by atoms with Gasteiger partial charge in [-0.3, -0.25) is 9.32 Å². The molecule has 0 N–H and O–H groups in total. The molecule has 0 bridgehead atoms. The van der Waals surface area contributed by atoms with Crippen molar-refractivity contribution in [2.75, 3.05) is 0 Å². The van der Waals surface area contributed by atoms with E-state index in [9.17, 15) is 9.36 Å². The zero-order chi connectivity index (χ0) is 18.6. The van der Waals surface area contributed by atoms with E-state index >= 15 is 0 Å². The van der Waals surface area contributed by atoms with Crippen molar-refractivity contribution < 1.29 is 23.1 Å². The van der Waals surface area contributed by atoms with Crippen LogP contribution in [0.25, 0.3) is 10.8 Å². The molecule has 134 valence electrons. The molecule has 26 heavy (non-hydrogen) atoms. The van der Waals surface area contributed by atoms with E-state index in [2.05, 4.69) is 0 Å². The summed E-state index contributed by atoms with van der Waals surface area (Å²) >= 11 is 0. The first kappa shape index (κ1) is 18.2. The van der Waals surface area contributed by atoms with Crippen LogP contribution >= 0.6 is 7.60 Å². The van der Waals surface area contributed by atoms with E-state index < -0.39 is 19.9 Å². The van der Waals surface area contributed by atoms with Crippen LogP contribution in [-0.2, 0) is 18.6 Å². The Morgan fingerprint density at radius 3 is 2.27 bits per heavy atom. The minimum atomic E-state index is -3.76. The molecule has 0 spiro atoms. The van der Waals surface area contributed by atoms with Gasteiger partial charge in [-0.05, 0) is 42.0 Å². The average molecular weight is 370 g/mol. The summed E-state index contributed by atoms with van der Waals surface area (Å²) in [5.41, 5.74) is 0. The predicted molar refractivity (Wildman–Crippen MR) is 101 cm³/mol. The van der Waals surface area contributed by atoms with Crippen LogP contribution in [0, 0.1) is 0 Å². The zero-order valence-electron chi connectivity index (χ0n) is 14.5. The van der Waals surface area contributed by atoms with Gasteiger partial charge in [0.25, 0.3) is 0 Å². The fraction of sp³-hybridized carbons (Fsp3) is 0.150. The number of hydrogen-bond acceptors (Lipinski definition) is 5. The van der Waals surface area contributed by atoms with Crippen LogP contribution in [0.4, 0.5) is 0 Å². The molecule has 0 aliphatic carbocycles. The second kappa shape index (κ2) is 7.73. The Labute approximate surface area is 152 Å². The zero-order valence-corrected chi connectivity index (χ0v) is 15.4. The van der Waals surface area contributed by atoms with E-state index in [0.717, 1.165) is 10.8 Å². The average Bonchev–Trinajstić information content (AvgIpc) is 2.61. The molecule has 2 atom stereocenters. The number of carbonyl (C=O) groups excluding carboxylic acids is 1. The van der Waals surface area contributed by atoms with Gasteiger partial charge in [0.05, 0.1) is 5.30 Å². The predicted octanol–water partition coefficient (Wildman–Crippen LogP) is 4.66. The summed E-state index contributed by atoms with van der Waals surface area (Å²) in [5.74, 6) is -0.117. The molecule has 3 aromatic carbocycles. The van der Waals surface area contributed by atoms with Gasteiger partial charge in [-0.1, -0.05) is 48.5 Å². The highest BCUT2D eigenvalue weighted by Crippen LogP contribution is 2.48. The molecule has 5 nitrogen and oxygen atoms in total. The van der Waals surface area contributed by atoms with Crippen LogP contribution in [0.1, 0.15) is 13.8 Å². The molecular formula is C20H19O5P. The van der Waals surface area contributed by atoms with Crippen molar-refractivity contribution in [3.63, 3.8) is 0 Å². The molecular weight excluding hydrogens is 351 g/mol. The summed E-state index contributed by atoms with van der Waals surface area (Å²) in [6.45, 7) is 2.76. The van der Waals surface area contributed by atoms with Gasteiger partial charge in [-0.25, -0.2) is 4.57 Å². The maximum atomic E-state index is 13.5. The lowest BCUT2D eigenvalue weighted by Gasteiger charge is -2.23. The summed E-state index contributed by atoms with van der Waals surface area (Å²) < 4.78 is 29.8. The molecule has 0 fully saturated rings. The molecule has 0 aromatic heterocycles. The van der Waals surface area contributed by atoms with E-state index in [0.29, 0.717) is 11.1 Å². The SMILES string of the molecule is CC(=O)OC(C)OP(=O)(Oc1ccc2ccccc2c1)c1ccccc1. The first-order chi connectivity index (χ1) is 12.5. The van der Waals surface area contributed by atoms with Gasteiger partial charge in [0, 0.05) is 6.92 Å². The van der Waals surface area contributed by atoms with E-state index in [1.807, 2.05) is 30.3 Å². The van der Waals surface area contributed by atoms with E-state index in [1.54, 1.807) is 42.5 Å². The normalized spacial score (nSPS) is 14.4. The van der Waals surface area contributed by atoms with Gasteiger partial charge >= 0.3 is 13.6 Å². The lowest BCUT2D eigenvalue weighted by molar-refractivity contribution is -0.158. The van der Waals surface area contributed by atoms with E-state index in [1.165, 1.54) is 13.8 Å². The van der Waals surface area contributed by atoms with Gasteiger partial charge in [0.15, 0.2) is 0 Å². The van der Waals surface area contributed by atoms with Crippen molar-refractivity contribution in [2.45, 2.75) is 20.1 Å². The van der Waals surface area contributed by atoms with Gasteiger partial charge in [-0.15, -0.1) is 0 Å². The topological polar surface area (TPSA) is 61.8 Å². The highest BCUT2D eigenvalue weighted by Gasteiger charge is 2.32. The molecule has 3 rings (SSSR count). The summed E-state index contributed by atoms with van der Waals surface area (Å²) in [6.07, 6.45) is -1.01. The van der Waals surface area contributed by atoms with Crippen molar-refractivity contribution in [3.8, 4) is 5.75 Å². The fourth-order valence-corrected chi connectivity index (χ4v) is 4.19. The Morgan fingerprint density at radius 1 is 0.923 bits per heavy atom. The molecule has 6 heteroatoms. The van der Waals surface area contributed by atoms with Gasteiger partial charge in [-0.2, -0.15) is 0 Å². The van der Waals surface area contributed by atoms with Gasteiger partial charge < -0.3 is 9.26 Å². The number of benzene rings is 3. The molecule has 0 saturated heterocycles. The molecule has 0 amide bonds. The number of esters is 1. The lowest BCUT2D eigenvalue weighted by Crippen LogP contribution is -2.21. The Balaban J connectivity index is 1.94. The highest BCUT2D eigenvalue weighted by molar-refractivity contribution is 7.62. The highest BCUT2D eigenvalue weighted by atomic mass is 31.2. The number of carbonyl (C=O) groups is 1. The van der Waals surface area contributed by atoms with Crippen LogP contribution in [0.3, 0.4) is 0 Å². The first-order valence-electron chi connectivity index (χ1n) is 8.16. The third-order valence-corrected chi connectivity index (χ3v) is 5.59. The minimum Gasteiger partial charge on any atom is -0.436 e. The van der Waals surface area contributed by atoms with E-state index in [4.69, 9.17) is 13.8 Å². The van der Waals surface area contributed by atoms with Crippen molar-refractivity contribution in [1.29, 1.82) is 0 Å². The van der Waals surface area contributed by atoms with Crippen LogP contribution in [-0.4, -0.2) is 12.3 Å². The third kappa shape index (κ3) is 4.31. The second-order valence-electron chi connectivity index (χ2n) is 5.72. The quantitative estimate of drug-likeness (QED) is 0.359. The van der Waals surface area contributed by atoms with Crippen molar-refractivity contribution in [1.82, 2.24) is 0 Å². The summed E-state index contributed by atoms with van der Waals surface area (Å²) in [4.78, 5) is 11.1.